The van der Waals surface area contributed by atoms with Gasteiger partial charge in [0.05, 0.1) is 20.6 Å². The van der Waals surface area contributed by atoms with Crippen molar-refractivity contribution in [2.24, 2.45) is 0 Å². The molecule has 0 bridgehead atoms. The van der Waals surface area contributed by atoms with Crippen molar-refractivity contribution in [3.63, 3.8) is 0 Å². The normalized spacial score (nSPS) is 14.4. The monoisotopic (exact) mass is 483 g/mol. The number of hydrogen-bond donors (Lipinski definition) is 1. The van der Waals surface area contributed by atoms with E-state index in [-0.39, 0.29) is 39.3 Å². The molecule has 1 saturated heterocycles. The molecule has 1 fully saturated rings. The molecule has 3 rings (SSSR count). The molecule has 2 aromatic rings. The fourth-order valence-electron chi connectivity index (χ4n) is 3.35. The van der Waals surface area contributed by atoms with E-state index in [1.807, 2.05) is 0 Å². The van der Waals surface area contributed by atoms with E-state index in [1.54, 1.807) is 25.1 Å². The van der Waals surface area contributed by atoms with Crippen molar-refractivity contribution in [3.8, 4) is 0 Å². The highest BCUT2D eigenvalue weighted by Crippen LogP contribution is 2.29. The van der Waals surface area contributed by atoms with Crippen molar-refractivity contribution in [1.82, 2.24) is 9.21 Å². The van der Waals surface area contributed by atoms with E-state index >= 15 is 0 Å². The van der Waals surface area contributed by atoms with Crippen molar-refractivity contribution >= 4 is 50.7 Å². The first kappa shape index (κ1) is 23.5. The molecule has 0 aliphatic carbocycles. The van der Waals surface area contributed by atoms with Gasteiger partial charge in [0.2, 0.25) is 15.9 Å². The van der Waals surface area contributed by atoms with Crippen LogP contribution < -0.4 is 5.32 Å². The molecule has 1 N–H and O–H groups in total. The Morgan fingerprint density at radius 3 is 2.29 bits per heavy atom. The van der Waals surface area contributed by atoms with Crippen LogP contribution in [0.4, 0.5) is 5.69 Å². The molecule has 0 unspecified atom stereocenters. The van der Waals surface area contributed by atoms with Gasteiger partial charge >= 0.3 is 0 Å². The van der Waals surface area contributed by atoms with Crippen LogP contribution in [0, 0.1) is 0 Å². The number of halogens is 2. The van der Waals surface area contributed by atoms with Gasteiger partial charge in [0.1, 0.15) is 6.54 Å². The summed E-state index contributed by atoms with van der Waals surface area (Å²) in [5, 5.41) is 3.20. The highest BCUT2D eigenvalue weighted by molar-refractivity contribution is 7.89. The molecule has 1 aliphatic heterocycles. The molecule has 0 radical (unpaired) electrons. The van der Waals surface area contributed by atoms with E-state index in [0.717, 1.165) is 12.8 Å². The zero-order valence-corrected chi connectivity index (χ0v) is 19.3. The number of carbonyl (C=O) groups is 2. The fourth-order valence-corrected chi connectivity index (χ4v) is 5.40. The average molecular weight is 484 g/mol. The summed E-state index contributed by atoms with van der Waals surface area (Å²) in [7, 11) is -3.65. The number of rotatable bonds is 7. The van der Waals surface area contributed by atoms with E-state index in [0.29, 0.717) is 13.1 Å². The van der Waals surface area contributed by atoms with Crippen LogP contribution in [0.15, 0.2) is 47.4 Å². The number of nitrogens with one attached hydrogen (secondary N) is 1. The maximum absolute atomic E-state index is 13.0. The largest absolute Gasteiger partial charge is 0.330 e. The minimum Gasteiger partial charge on any atom is -0.330 e. The van der Waals surface area contributed by atoms with Crippen molar-refractivity contribution < 1.29 is 18.0 Å². The predicted molar refractivity (Wildman–Crippen MR) is 121 cm³/mol. The number of sulfonamides is 1. The van der Waals surface area contributed by atoms with Gasteiger partial charge in [0, 0.05) is 25.2 Å². The molecule has 0 atom stereocenters. The summed E-state index contributed by atoms with van der Waals surface area (Å²) in [6.45, 7) is 2.71. The maximum atomic E-state index is 13.0. The zero-order valence-electron chi connectivity index (χ0n) is 17.0. The molecule has 7 nitrogen and oxygen atoms in total. The molecule has 1 aliphatic rings. The fraction of sp³-hybridized carbons (Fsp3) is 0.333. The van der Waals surface area contributed by atoms with Gasteiger partial charge in [-0.2, -0.15) is 4.31 Å². The third kappa shape index (κ3) is 5.38. The van der Waals surface area contributed by atoms with Gasteiger partial charge < -0.3 is 10.2 Å². The first-order valence-electron chi connectivity index (χ1n) is 9.87. The van der Waals surface area contributed by atoms with Crippen LogP contribution in [0.1, 0.15) is 30.1 Å². The van der Waals surface area contributed by atoms with E-state index in [4.69, 9.17) is 23.2 Å². The molecule has 10 heteroatoms. The van der Waals surface area contributed by atoms with E-state index in [2.05, 4.69) is 5.32 Å². The minimum absolute atomic E-state index is 0.0728. The predicted octanol–water partition coefficient (Wildman–Crippen LogP) is 3.88. The second kappa shape index (κ2) is 9.99. The summed E-state index contributed by atoms with van der Waals surface area (Å²) in [4.78, 5) is 26.9. The second-order valence-electron chi connectivity index (χ2n) is 7.10. The number of carbonyl (C=O) groups excluding carboxylic acids is 2. The van der Waals surface area contributed by atoms with Gasteiger partial charge in [-0.1, -0.05) is 35.3 Å². The smallest absolute Gasteiger partial charge is 0.254 e. The Balaban J connectivity index is 1.75. The Labute approximate surface area is 192 Å². The van der Waals surface area contributed by atoms with Crippen LogP contribution in [-0.4, -0.2) is 55.6 Å². The topological polar surface area (TPSA) is 86.8 Å². The third-order valence-corrected chi connectivity index (χ3v) is 7.54. The highest BCUT2D eigenvalue weighted by Gasteiger charge is 2.28. The SMILES string of the molecule is CCN(CC(=O)Nc1c(Cl)cccc1Cl)C(=O)c1cccc(S(=O)(=O)N2CCCC2)c1. The molecular weight excluding hydrogens is 461 g/mol. The minimum atomic E-state index is -3.65. The van der Waals surface area contributed by atoms with Crippen LogP contribution in [0.2, 0.25) is 10.0 Å². The molecule has 0 spiro atoms. The standard InChI is InChI=1S/C21H23Cl2N3O4S/c1-2-25(14-19(27)24-20-17(22)9-6-10-18(20)23)21(28)15-7-5-8-16(13-15)31(29,30)26-11-3-4-12-26/h5-10,13H,2-4,11-12,14H2,1H3,(H,24,27). The third-order valence-electron chi connectivity index (χ3n) is 5.01. The lowest BCUT2D eigenvalue weighted by Crippen LogP contribution is -2.38. The number of nitrogens with zero attached hydrogens (tertiary/aromatic N) is 2. The van der Waals surface area contributed by atoms with Crippen LogP contribution in [-0.2, 0) is 14.8 Å². The lowest BCUT2D eigenvalue weighted by molar-refractivity contribution is -0.116. The second-order valence-corrected chi connectivity index (χ2v) is 9.86. The van der Waals surface area contributed by atoms with Gasteiger partial charge in [0.15, 0.2) is 0 Å². The Hall–Kier alpha value is -2.13. The molecule has 1 heterocycles. The van der Waals surface area contributed by atoms with Crippen LogP contribution >= 0.6 is 23.2 Å². The van der Waals surface area contributed by atoms with Crippen molar-refractivity contribution in [2.75, 3.05) is 31.5 Å². The van der Waals surface area contributed by atoms with Gasteiger partial charge in [-0.15, -0.1) is 0 Å². The summed E-state index contributed by atoms with van der Waals surface area (Å²) in [6.07, 6.45) is 1.65. The van der Waals surface area contributed by atoms with E-state index in [1.165, 1.54) is 33.5 Å². The number of amides is 2. The Morgan fingerprint density at radius 1 is 1.06 bits per heavy atom. The van der Waals surface area contributed by atoms with Crippen LogP contribution in [0.5, 0.6) is 0 Å². The number of anilines is 1. The van der Waals surface area contributed by atoms with Crippen LogP contribution in [0.3, 0.4) is 0 Å². The molecule has 0 saturated carbocycles. The summed E-state index contributed by atoms with van der Waals surface area (Å²) < 4.78 is 27.0. The lowest BCUT2D eigenvalue weighted by Gasteiger charge is -2.21. The van der Waals surface area contributed by atoms with E-state index < -0.39 is 21.8 Å². The lowest BCUT2D eigenvalue weighted by atomic mass is 10.2. The average Bonchev–Trinajstić information content (AvgIpc) is 3.30. The van der Waals surface area contributed by atoms with Crippen molar-refractivity contribution in [2.45, 2.75) is 24.7 Å². The highest BCUT2D eigenvalue weighted by atomic mass is 35.5. The van der Waals surface area contributed by atoms with Crippen LogP contribution in [0.25, 0.3) is 0 Å². The Morgan fingerprint density at radius 2 is 1.68 bits per heavy atom. The van der Waals surface area contributed by atoms with Gasteiger partial charge in [0.25, 0.3) is 5.91 Å². The molecule has 2 aromatic carbocycles. The zero-order chi connectivity index (χ0) is 22.6. The Bertz CT molecular complexity index is 1070. The van der Waals surface area contributed by atoms with Gasteiger partial charge in [-0.05, 0) is 50.1 Å². The molecule has 31 heavy (non-hydrogen) atoms. The maximum Gasteiger partial charge on any atom is 0.254 e. The Kier molecular flexibility index (Phi) is 7.59. The first-order chi connectivity index (χ1) is 14.7. The number of likely N-dealkylation sites (N-methyl/N-ethyl adjacent to an activating group) is 1. The van der Waals surface area contributed by atoms with Crippen molar-refractivity contribution in [3.05, 3.63) is 58.1 Å². The molecule has 0 aromatic heterocycles. The molecular formula is C21H23Cl2N3O4S. The summed E-state index contributed by atoms with van der Waals surface area (Å²) in [6, 6.07) is 10.8. The van der Waals surface area contributed by atoms with Crippen molar-refractivity contribution in [1.29, 1.82) is 0 Å². The molecule has 166 valence electrons. The first-order valence-corrected chi connectivity index (χ1v) is 12.1. The summed E-state index contributed by atoms with van der Waals surface area (Å²) >= 11 is 12.2. The number of hydrogen-bond acceptors (Lipinski definition) is 4. The molecule has 2 amide bonds. The number of para-hydroxylation sites is 1. The number of benzene rings is 2. The summed E-state index contributed by atoms with van der Waals surface area (Å²) in [5.41, 5.74) is 0.476. The quantitative estimate of drug-likeness (QED) is 0.647. The van der Waals surface area contributed by atoms with Gasteiger partial charge in [-0.3, -0.25) is 9.59 Å². The van der Waals surface area contributed by atoms with Gasteiger partial charge in [-0.25, -0.2) is 8.42 Å². The van der Waals surface area contributed by atoms with E-state index in [9.17, 15) is 18.0 Å². The summed E-state index contributed by atoms with van der Waals surface area (Å²) in [5.74, 6) is -0.910.